The van der Waals surface area contributed by atoms with E-state index in [1.54, 1.807) is 6.92 Å². The minimum Gasteiger partial charge on any atom is -0.481 e. The molecule has 2 N–H and O–H groups in total. The molecule has 1 saturated carbocycles. The molecule has 0 spiro atoms. The van der Waals surface area contributed by atoms with E-state index in [1.165, 1.54) is 0 Å². The van der Waals surface area contributed by atoms with Crippen LogP contribution in [0.5, 0.6) is 0 Å². The normalized spacial score (nSPS) is 25.4. The topological polar surface area (TPSA) is 66.4 Å². The van der Waals surface area contributed by atoms with E-state index in [-0.39, 0.29) is 5.56 Å². The molecule has 0 bridgehead atoms. The maximum atomic E-state index is 13.6. The Balaban J connectivity index is 2.19. The number of carbonyl (C=O) groups excluding carboxylic acids is 1. The molecule has 0 radical (unpaired) electrons. The van der Waals surface area contributed by atoms with Gasteiger partial charge in [0, 0.05) is 12.1 Å². The molecule has 1 aromatic rings. The lowest BCUT2D eigenvalue weighted by atomic mass is 9.71. The summed E-state index contributed by atoms with van der Waals surface area (Å²) in [4.78, 5) is 23.5. The highest BCUT2D eigenvalue weighted by Crippen LogP contribution is 2.36. The Morgan fingerprint density at radius 1 is 1.33 bits per heavy atom. The largest absolute Gasteiger partial charge is 0.481 e. The first-order chi connectivity index (χ1) is 9.84. The van der Waals surface area contributed by atoms with E-state index in [2.05, 4.69) is 5.32 Å². The zero-order valence-electron chi connectivity index (χ0n) is 11.7. The number of rotatable bonds is 3. The number of carboxylic acids is 1. The fourth-order valence-electron chi connectivity index (χ4n) is 2.73. The number of halogens is 2. The molecule has 114 valence electrons. The number of benzene rings is 1. The van der Waals surface area contributed by atoms with Crippen LogP contribution < -0.4 is 5.32 Å². The van der Waals surface area contributed by atoms with Gasteiger partial charge < -0.3 is 10.4 Å². The molecule has 0 aromatic heterocycles. The Morgan fingerprint density at radius 3 is 2.67 bits per heavy atom. The van der Waals surface area contributed by atoms with E-state index in [4.69, 9.17) is 0 Å². The van der Waals surface area contributed by atoms with Gasteiger partial charge in [0.1, 0.15) is 11.6 Å². The highest BCUT2D eigenvalue weighted by molar-refractivity contribution is 5.95. The molecule has 0 heterocycles. The van der Waals surface area contributed by atoms with Crippen LogP contribution in [-0.2, 0) is 4.79 Å². The molecule has 4 nitrogen and oxygen atoms in total. The number of amides is 1. The maximum Gasteiger partial charge on any atom is 0.311 e. The molecule has 1 aliphatic rings. The highest BCUT2D eigenvalue weighted by atomic mass is 19.1. The average Bonchev–Trinajstić information content (AvgIpc) is 2.41. The van der Waals surface area contributed by atoms with Crippen LogP contribution in [0.1, 0.15) is 43.0 Å². The first kappa shape index (κ1) is 15.4. The van der Waals surface area contributed by atoms with E-state index >= 15 is 0 Å². The fourth-order valence-corrected chi connectivity index (χ4v) is 2.73. The van der Waals surface area contributed by atoms with Gasteiger partial charge in [0.15, 0.2) is 0 Å². The van der Waals surface area contributed by atoms with Gasteiger partial charge in [0.25, 0.3) is 5.91 Å². The van der Waals surface area contributed by atoms with Gasteiger partial charge in [-0.2, -0.15) is 0 Å². The quantitative estimate of drug-likeness (QED) is 0.901. The molecule has 0 aliphatic heterocycles. The van der Waals surface area contributed by atoms with Crippen molar-refractivity contribution in [1.29, 1.82) is 0 Å². The van der Waals surface area contributed by atoms with Crippen molar-refractivity contribution < 1.29 is 23.5 Å². The SMILES string of the molecule is CC1(C(=O)O)CCCCC1NC(=O)c1ccc(F)cc1F. The Kier molecular flexibility index (Phi) is 4.25. The third-order valence-corrected chi connectivity index (χ3v) is 4.18. The molecule has 21 heavy (non-hydrogen) atoms. The Labute approximate surface area is 121 Å². The van der Waals surface area contributed by atoms with Gasteiger partial charge in [0.05, 0.1) is 11.0 Å². The Morgan fingerprint density at radius 2 is 2.05 bits per heavy atom. The first-order valence-electron chi connectivity index (χ1n) is 6.84. The lowest BCUT2D eigenvalue weighted by Gasteiger charge is -2.38. The van der Waals surface area contributed by atoms with Crippen LogP contribution in [0.25, 0.3) is 0 Å². The molecule has 1 aromatic carbocycles. The zero-order valence-corrected chi connectivity index (χ0v) is 11.7. The van der Waals surface area contributed by atoms with Gasteiger partial charge in [-0.1, -0.05) is 12.8 Å². The summed E-state index contributed by atoms with van der Waals surface area (Å²) in [5.74, 6) is -3.42. The molecular formula is C15H17F2NO3. The van der Waals surface area contributed by atoms with Crippen LogP contribution in [0, 0.1) is 17.0 Å². The number of aliphatic carboxylic acids is 1. The number of carboxylic acid groups (broad SMARTS) is 1. The van der Waals surface area contributed by atoms with Crippen LogP contribution in [0.15, 0.2) is 18.2 Å². The molecule has 6 heteroatoms. The third-order valence-electron chi connectivity index (χ3n) is 4.18. The minimum absolute atomic E-state index is 0.283. The zero-order chi connectivity index (χ0) is 15.6. The maximum absolute atomic E-state index is 13.6. The van der Waals surface area contributed by atoms with E-state index in [0.717, 1.165) is 25.0 Å². The first-order valence-corrected chi connectivity index (χ1v) is 6.84. The molecule has 2 rings (SSSR count). The van der Waals surface area contributed by atoms with E-state index < -0.39 is 35.0 Å². The molecule has 2 atom stereocenters. The second-order valence-electron chi connectivity index (χ2n) is 5.62. The fraction of sp³-hybridized carbons (Fsp3) is 0.467. The summed E-state index contributed by atoms with van der Waals surface area (Å²) < 4.78 is 26.4. The Bertz CT molecular complexity index is 576. The van der Waals surface area contributed by atoms with Crippen LogP contribution in [0.4, 0.5) is 8.78 Å². The van der Waals surface area contributed by atoms with Crippen LogP contribution in [-0.4, -0.2) is 23.0 Å². The highest BCUT2D eigenvalue weighted by Gasteiger charge is 2.44. The molecule has 1 fully saturated rings. The molecule has 1 aliphatic carbocycles. The molecular weight excluding hydrogens is 280 g/mol. The van der Waals surface area contributed by atoms with Crippen molar-refractivity contribution in [2.75, 3.05) is 0 Å². The smallest absolute Gasteiger partial charge is 0.311 e. The standard InChI is InChI=1S/C15H17F2NO3/c1-15(14(20)21)7-3-2-4-12(15)18-13(19)10-6-5-9(16)8-11(10)17/h5-6,8,12H,2-4,7H2,1H3,(H,18,19)(H,20,21). The summed E-state index contributed by atoms with van der Waals surface area (Å²) >= 11 is 0. The summed E-state index contributed by atoms with van der Waals surface area (Å²) in [7, 11) is 0. The number of carbonyl (C=O) groups is 2. The van der Waals surface area contributed by atoms with Crippen LogP contribution >= 0.6 is 0 Å². The van der Waals surface area contributed by atoms with Gasteiger partial charge in [-0.25, -0.2) is 8.78 Å². The molecule has 0 saturated heterocycles. The van der Waals surface area contributed by atoms with Gasteiger partial charge in [-0.15, -0.1) is 0 Å². The summed E-state index contributed by atoms with van der Waals surface area (Å²) in [5.41, 5.74) is -1.35. The van der Waals surface area contributed by atoms with Crippen molar-refractivity contribution in [3.05, 3.63) is 35.4 Å². The van der Waals surface area contributed by atoms with Crippen LogP contribution in [0.3, 0.4) is 0 Å². The summed E-state index contributed by atoms with van der Waals surface area (Å²) in [6.45, 7) is 1.58. The van der Waals surface area contributed by atoms with Gasteiger partial charge in [-0.05, 0) is 31.9 Å². The van der Waals surface area contributed by atoms with E-state index in [0.29, 0.717) is 18.9 Å². The average molecular weight is 297 g/mol. The summed E-state index contributed by atoms with van der Waals surface area (Å²) in [6, 6.07) is 2.11. The third kappa shape index (κ3) is 3.04. The lowest BCUT2D eigenvalue weighted by molar-refractivity contribution is -0.151. The number of hydrogen-bond donors (Lipinski definition) is 2. The minimum atomic E-state index is -1.07. The number of nitrogens with one attached hydrogen (secondary N) is 1. The van der Waals surface area contributed by atoms with Gasteiger partial charge in [-0.3, -0.25) is 9.59 Å². The lowest BCUT2D eigenvalue weighted by Crippen LogP contribution is -2.52. The van der Waals surface area contributed by atoms with Crippen molar-refractivity contribution in [3.63, 3.8) is 0 Å². The van der Waals surface area contributed by atoms with Crippen molar-refractivity contribution in [2.24, 2.45) is 5.41 Å². The van der Waals surface area contributed by atoms with Crippen LogP contribution in [0.2, 0.25) is 0 Å². The molecule has 1 amide bonds. The van der Waals surface area contributed by atoms with Crippen molar-refractivity contribution in [2.45, 2.75) is 38.6 Å². The Hall–Kier alpha value is -1.98. The van der Waals surface area contributed by atoms with Gasteiger partial charge in [0.2, 0.25) is 0 Å². The van der Waals surface area contributed by atoms with Crippen molar-refractivity contribution in [3.8, 4) is 0 Å². The summed E-state index contributed by atoms with van der Waals surface area (Å²) in [5, 5.41) is 12.0. The van der Waals surface area contributed by atoms with E-state index in [1.807, 2.05) is 0 Å². The molecule has 2 unspecified atom stereocenters. The predicted octanol–water partition coefficient (Wildman–Crippen LogP) is 2.73. The van der Waals surface area contributed by atoms with Crippen molar-refractivity contribution >= 4 is 11.9 Å². The number of hydrogen-bond acceptors (Lipinski definition) is 2. The van der Waals surface area contributed by atoms with Crippen molar-refractivity contribution in [1.82, 2.24) is 5.32 Å². The van der Waals surface area contributed by atoms with Gasteiger partial charge >= 0.3 is 5.97 Å². The second kappa shape index (κ2) is 5.79. The van der Waals surface area contributed by atoms with E-state index in [9.17, 15) is 23.5 Å². The second-order valence-corrected chi connectivity index (χ2v) is 5.62. The predicted molar refractivity (Wildman–Crippen MR) is 71.8 cm³/mol. The monoisotopic (exact) mass is 297 g/mol. The summed E-state index contributed by atoms with van der Waals surface area (Å²) in [6.07, 6.45) is 2.57.